The van der Waals surface area contributed by atoms with Gasteiger partial charge in [0.05, 0.1) is 9.75 Å². The van der Waals surface area contributed by atoms with E-state index in [9.17, 15) is 15.8 Å². The SMILES string of the molecule is CCCCCCC1(CCCCCC)Oc2cc(C3=C(C#N)C(=C(C#N)C#N)OC3(C)C)sc2-c2sc(/C=C/c3ccc(N(c4ccccc4)c4ccccc4)cc3)cc21. The number of thiophene rings is 2. The van der Waals surface area contributed by atoms with Gasteiger partial charge in [0.25, 0.3) is 0 Å². The zero-order valence-electron chi connectivity index (χ0n) is 34.4. The van der Waals surface area contributed by atoms with E-state index in [0.29, 0.717) is 5.57 Å². The van der Waals surface area contributed by atoms with E-state index in [1.165, 1.54) is 36.1 Å². The summed E-state index contributed by atoms with van der Waals surface area (Å²) in [5.74, 6) is 0.882. The molecule has 8 heteroatoms. The van der Waals surface area contributed by atoms with Crippen LogP contribution in [0.1, 0.15) is 113 Å². The minimum atomic E-state index is -0.925. The first-order valence-electron chi connectivity index (χ1n) is 20.8. The molecule has 0 bridgehead atoms. The van der Waals surface area contributed by atoms with Crippen molar-refractivity contribution in [3.05, 3.63) is 135 Å². The lowest BCUT2D eigenvalue weighted by Crippen LogP contribution is -2.35. The molecule has 4 heterocycles. The Labute approximate surface area is 357 Å². The number of para-hydroxylation sites is 2. The van der Waals surface area contributed by atoms with Crippen molar-refractivity contribution in [3.63, 3.8) is 0 Å². The van der Waals surface area contributed by atoms with Crippen LogP contribution in [-0.4, -0.2) is 5.60 Å². The third-order valence-corrected chi connectivity index (χ3v) is 13.6. The van der Waals surface area contributed by atoms with Crippen LogP contribution in [0.5, 0.6) is 5.75 Å². The Morgan fingerprint density at radius 3 is 1.83 bits per heavy atom. The first kappa shape index (κ1) is 41.3. The predicted octanol–water partition coefficient (Wildman–Crippen LogP) is 15.0. The molecule has 298 valence electrons. The van der Waals surface area contributed by atoms with Crippen LogP contribution in [0.4, 0.5) is 17.1 Å². The molecule has 0 saturated heterocycles. The molecule has 0 unspecified atom stereocenters. The summed E-state index contributed by atoms with van der Waals surface area (Å²) < 4.78 is 13.5. The number of unbranched alkanes of at least 4 members (excludes halogenated alkanes) is 6. The van der Waals surface area contributed by atoms with Gasteiger partial charge >= 0.3 is 0 Å². The number of rotatable bonds is 16. The fourth-order valence-electron chi connectivity index (χ4n) is 8.28. The van der Waals surface area contributed by atoms with Gasteiger partial charge in [0.2, 0.25) is 0 Å². The molecule has 0 spiro atoms. The van der Waals surface area contributed by atoms with Gasteiger partial charge in [-0.25, -0.2) is 0 Å². The summed E-state index contributed by atoms with van der Waals surface area (Å²) >= 11 is 3.39. The van der Waals surface area contributed by atoms with Crippen molar-refractivity contribution in [2.24, 2.45) is 0 Å². The van der Waals surface area contributed by atoms with E-state index < -0.39 is 11.2 Å². The lowest BCUT2D eigenvalue weighted by Gasteiger charge is -2.38. The largest absolute Gasteiger partial charge is 0.481 e. The molecule has 2 aromatic heterocycles. The predicted molar refractivity (Wildman–Crippen MR) is 243 cm³/mol. The van der Waals surface area contributed by atoms with Crippen LogP contribution in [0.2, 0.25) is 0 Å². The summed E-state index contributed by atoms with van der Waals surface area (Å²) in [6.45, 7) is 8.27. The maximum atomic E-state index is 10.4. The van der Waals surface area contributed by atoms with Gasteiger partial charge < -0.3 is 14.4 Å². The standard InChI is InChI=1S/C51H50N4O2S2/c1-5-7-9-17-29-51(30-18-10-8-6-2)43-31-41(28-25-36-23-26-40(27-24-36)55(38-19-13-11-14-20-38)39-21-15-12-16-22-39)58-48(43)49-44(56-51)32-45(59-49)46-42(35-54)47(37(33-52)34-53)57-50(46,3)4/h11-16,19-28,31-32H,5-10,17-18,29-30H2,1-4H3/b28-25+. The Bertz CT molecular complexity index is 2420. The molecule has 5 aromatic rings. The fourth-order valence-corrected chi connectivity index (χ4v) is 10.9. The summed E-state index contributed by atoms with van der Waals surface area (Å²) in [5.41, 5.74) is 4.97. The lowest BCUT2D eigenvalue weighted by atomic mass is 9.81. The van der Waals surface area contributed by atoms with E-state index in [-0.39, 0.29) is 16.9 Å². The zero-order chi connectivity index (χ0) is 41.4. The van der Waals surface area contributed by atoms with Crippen LogP contribution in [0.25, 0.3) is 27.5 Å². The van der Waals surface area contributed by atoms with E-state index in [1.807, 2.05) is 38.1 Å². The highest BCUT2D eigenvalue weighted by Crippen LogP contribution is 2.58. The van der Waals surface area contributed by atoms with Crippen molar-refractivity contribution >= 4 is 57.5 Å². The second-order valence-electron chi connectivity index (χ2n) is 15.7. The van der Waals surface area contributed by atoms with Crippen LogP contribution in [0.15, 0.2) is 114 Å². The minimum absolute atomic E-state index is 0.0519. The molecule has 0 fully saturated rings. The molecule has 0 amide bonds. The number of anilines is 3. The number of hydrogen-bond acceptors (Lipinski definition) is 8. The van der Waals surface area contributed by atoms with Gasteiger partial charge in [-0.2, -0.15) is 15.8 Å². The maximum Gasteiger partial charge on any atom is 0.172 e. The van der Waals surface area contributed by atoms with Crippen LogP contribution in [0, 0.1) is 34.0 Å². The highest BCUT2D eigenvalue weighted by atomic mass is 32.1. The Balaban J connectivity index is 1.28. The molecular weight excluding hydrogens is 765 g/mol. The normalized spacial score (nSPS) is 14.8. The fraction of sp³-hybridized carbons (Fsp3) is 0.314. The van der Waals surface area contributed by atoms with Crippen molar-refractivity contribution in [2.75, 3.05) is 4.90 Å². The molecule has 0 saturated carbocycles. The second-order valence-corrected chi connectivity index (χ2v) is 17.9. The highest BCUT2D eigenvalue weighted by molar-refractivity contribution is 7.23. The van der Waals surface area contributed by atoms with Gasteiger partial charge in [-0.3, -0.25) is 0 Å². The molecule has 0 radical (unpaired) electrons. The summed E-state index contributed by atoms with van der Waals surface area (Å²) in [5, 5.41) is 29.8. The van der Waals surface area contributed by atoms with Crippen molar-refractivity contribution in [1.82, 2.24) is 0 Å². The van der Waals surface area contributed by atoms with Gasteiger partial charge in [-0.1, -0.05) is 107 Å². The van der Waals surface area contributed by atoms with Gasteiger partial charge in [-0.15, -0.1) is 22.7 Å². The van der Waals surface area contributed by atoms with E-state index in [0.717, 1.165) is 81.5 Å². The highest BCUT2D eigenvalue weighted by Gasteiger charge is 2.46. The van der Waals surface area contributed by atoms with Gasteiger partial charge in [0, 0.05) is 38.0 Å². The summed E-state index contributed by atoms with van der Waals surface area (Å²) in [6.07, 6.45) is 15.5. The molecule has 0 atom stereocenters. The molecule has 59 heavy (non-hydrogen) atoms. The number of allylic oxidation sites excluding steroid dienone is 2. The number of nitriles is 3. The van der Waals surface area contributed by atoms with E-state index in [2.05, 4.69) is 122 Å². The third-order valence-electron chi connectivity index (χ3n) is 11.2. The van der Waals surface area contributed by atoms with Gasteiger partial charge in [-0.05, 0) is 99.7 Å². The number of hydrogen-bond donors (Lipinski definition) is 0. The number of fused-ring (bicyclic) bond motifs is 3. The lowest BCUT2D eigenvalue weighted by molar-refractivity contribution is 0.0397. The second kappa shape index (κ2) is 18.4. The Morgan fingerprint density at radius 2 is 1.27 bits per heavy atom. The first-order valence-corrected chi connectivity index (χ1v) is 22.4. The van der Waals surface area contributed by atoms with Crippen LogP contribution < -0.4 is 9.64 Å². The number of benzene rings is 3. The zero-order valence-corrected chi connectivity index (χ0v) is 36.0. The van der Waals surface area contributed by atoms with Crippen molar-refractivity contribution in [3.8, 4) is 33.7 Å². The molecule has 6 nitrogen and oxygen atoms in total. The minimum Gasteiger partial charge on any atom is -0.481 e. The smallest absolute Gasteiger partial charge is 0.172 e. The summed E-state index contributed by atoms with van der Waals surface area (Å²) in [6, 6.07) is 40.2. The van der Waals surface area contributed by atoms with E-state index >= 15 is 0 Å². The van der Waals surface area contributed by atoms with E-state index in [4.69, 9.17) is 9.47 Å². The molecule has 2 aliphatic rings. The Kier molecular flexibility index (Phi) is 12.9. The van der Waals surface area contributed by atoms with Crippen LogP contribution >= 0.6 is 22.7 Å². The molecule has 0 aliphatic carbocycles. The molecular formula is C51H50N4O2S2. The topological polar surface area (TPSA) is 93.1 Å². The molecule has 3 aromatic carbocycles. The average Bonchev–Trinajstić information content (AvgIpc) is 3.95. The summed E-state index contributed by atoms with van der Waals surface area (Å²) in [4.78, 5) is 6.54. The number of nitrogens with zero attached hydrogens (tertiary/aromatic N) is 4. The molecule has 2 aliphatic heterocycles. The molecule has 0 N–H and O–H groups in total. The molecule has 7 rings (SSSR count). The van der Waals surface area contributed by atoms with Crippen LogP contribution in [0.3, 0.4) is 0 Å². The first-order chi connectivity index (χ1) is 28.8. The van der Waals surface area contributed by atoms with Crippen molar-refractivity contribution in [1.29, 1.82) is 15.8 Å². The average molecular weight is 815 g/mol. The van der Waals surface area contributed by atoms with Gasteiger partial charge in [0.1, 0.15) is 40.7 Å². The van der Waals surface area contributed by atoms with E-state index in [1.54, 1.807) is 22.7 Å². The Hall–Kier alpha value is -5.85. The van der Waals surface area contributed by atoms with Crippen molar-refractivity contribution in [2.45, 2.75) is 103 Å². The maximum absolute atomic E-state index is 10.4. The van der Waals surface area contributed by atoms with Crippen molar-refractivity contribution < 1.29 is 9.47 Å². The monoisotopic (exact) mass is 814 g/mol. The van der Waals surface area contributed by atoms with Crippen LogP contribution in [-0.2, 0) is 10.3 Å². The third kappa shape index (κ3) is 8.65. The Morgan fingerprint density at radius 1 is 0.678 bits per heavy atom. The number of ether oxygens (including phenoxy) is 2. The van der Waals surface area contributed by atoms with Gasteiger partial charge in [0.15, 0.2) is 11.3 Å². The summed E-state index contributed by atoms with van der Waals surface area (Å²) in [7, 11) is 0. The quantitative estimate of drug-likeness (QED) is 0.0727.